The van der Waals surface area contributed by atoms with Crippen LogP contribution in [0, 0.1) is 6.92 Å². The summed E-state index contributed by atoms with van der Waals surface area (Å²) in [6.07, 6.45) is 5.60. The van der Waals surface area contributed by atoms with Crippen LogP contribution >= 0.6 is 0 Å². The van der Waals surface area contributed by atoms with E-state index in [1.807, 2.05) is 6.07 Å². The number of ether oxygens (including phenoxy) is 1. The summed E-state index contributed by atoms with van der Waals surface area (Å²) < 4.78 is 7.79. The summed E-state index contributed by atoms with van der Waals surface area (Å²) in [7, 11) is 1.70. The van der Waals surface area contributed by atoms with Crippen LogP contribution in [0.1, 0.15) is 49.0 Å². The summed E-state index contributed by atoms with van der Waals surface area (Å²) in [4.78, 5) is 4.71. The predicted molar refractivity (Wildman–Crippen MR) is 112 cm³/mol. The molecule has 28 heavy (non-hydrogen) atoms. The summed E-state index contributed by atoms with van der Waals surface area (Å²) in [6, 6.07) is 6.21. The van der Waals surface area contributed by atoms with Crippen LogP contribution in [0.25, 0.3) is 0 Å². The summed E-state index contributed by atoms with van der Waals surface area (Å²) in [6.45, 7) is 7.33. The van der Waals surface area contributed by atoms with Crippen LogP contribution in [-0.4, -0.2) is 40.9 Å². The van der Waals surface area contributed by atoms with Gasteiger partial charge < -0.3 is 19.9 Å². The Morgan fingerprint density at radius 2 is 2.11 bits per heavy atom. The fraction of sp³-hybridized carbons (Fsp3) is 0.571. The molecule has 0 bridgehead atoms. The first kappa shape index (κ1) is 20.2. The zero-order valence-corrected chi connectivity index (χ0v) is 17.3. The lowest BCUT2D eigenvalue weighted by molar-refractivity contribution is 0.409. The van der Waals surface area contributed by atoms with Gasteiger partial charge in [0.25, 0.3) is 0 Å². The molecular formula is C21H32N6O. The monoisotopic (exact) mass is 384 g/mol. The van der Waals surface area contributed by atoms with E-state index in [0.29, 0.717) is 6.54 Å². The summed E-state index contributed by atoms with van der Waals surface area (Å²) >= 11 is 0. The number of nitrogens with one attached hydrogen (secondary N) is 2. The minimum atomic E-state index is 0.569. The highest BCUT2D eigenvalue weighted by Gasteiger charge is 2.14. The highest BCUT2D eigenvalue weighted by molar-refractivity contribution is 5.79. The number of aliphatic imine (C=N–C) groups is 1. The molecule has 0 amide bonds. The normalized spacial score (nSPS) is 14.3. The van der Waals surface area contributed by atoms with Gasteiger partial charge in [-0.15, -0.1) is 10.2 Å². The van der Waals surface area contributed by atoms with Crippen molar-refractivity contribution >= 4 is 5.96 Å². The average Bonchev–Trinajstić information content (AvgIpc) is 2.93. The molecule has 7 heteroatoms. The molecule has 0 saturated heterocycles. The molecule has 1 aromatic carbocycles. The molecule has 2 aromatic rings. The zero-order chi connectivity index (χ0) is 19.8. The summed E-state index contributed by atoms with van der Waals surface area (Å²) in [5.74, 6) is 3.89. The van der Waals surface area contributed by atoms with E-state index in [4.69, 9.17) is 9.73 Å². The van der Waals surface area contributed by atoms with Crippen molar-refractivity contribution in [1.82, 2.24) is 25.4 Å². The van der Waals surface area contributed by atoms with Crippen LogP contribution in [0.15, 0.2) is 23.2 Å². The highest BCUT2D eigenvalue weighted by Crippen LogP contribution is 2.20. The lowest BCUT2D eigenvalue weighted by Crippen LogP contribution is -2.38. The van der Waals surface area contributed by atoms with Crippen LogP contribution in [0.5, 0.6) is 5.75 Å². The molecule has 7 nitrogen and oxygen atoms in total. The Morgan fingerprint density at radius 3 is 2.93 bits per heavy atom. The number of hydrogen-bond donors (Lipinski definition) is 2. The molecule has 0 aliphatic carbocycles. The van der Waals surface area contributed by atoms with E-state index in [9.17, 15) is 0 Å². The molecule has 1 aliphatic heterocycles. The van der Waals surface area contributed by atoms with Gasteiger partial charge >= 0.3 is 0 Å². The van der Waals surface area contributed by atoms with Crippen molar-refractivity contribution in [2.24, 2.45) is 4.99 Å². The van der Waals surface area contributed by atoms with Gasteiger partial charge in [0, 0.05) is 38.0 Å². The summed E-state index contributed by atoms with van der Waals surface area (Å²) in [5, 5.41) is 15.5. The fourth-order valence-electron chi connectivity index (χ4n) is 3.51. The second-order valence-electron chi connectivity index (χ2n) is 7.18. The second kappa shape index (κ2) is 10.1. The molecule has 0 radical (unpaired) electrons. The van der Waals surface area contributed by atoms with Crippen LogP contribution in [0.2, 0.25) is 0 Å². The minimum Gasteiger partial charge on any atom is -0.496 e. The maximum Gasteiger partial charge on any atom is 0.191 e. The Balaban J connectivity index is 1.59. The van der Waals surface area contributed by atoms with Crippen molar-refractivity contribution < 1.29 is 4.74 Å². The Bertz CT molecular complexity index is 798. The van der Waals surface area contributed by atoms with Crippen LogP contribution < -0.4 is 15.4 Å². The van der Waals surface area contributed by atoms with Crippen LogP contribution in [0.4, 0.5) is 0 Å². The third kappa shape index (κ3) is 5.24. The molecule has 0 fully saturated rings. The van der Waals surface area contributed by atoms with Gasteiger partial charge in [-0.2, -0.15) is 0 Å². The van der Waals surface area contributed by atoms with E-state index in [0.717, 1.165) is 61.4 Å². The fourth-order valence-corrected chi connectivity index (χ4v) is 3.51. The molecule has 0 spiro atoms. The van der Waals surface area contributed by atoms with Crippen molar-refractivity contribution in [3.63, 3.8) is 0 Å². The van der Waals surface area contributed by atoms with E-state index < -0.39 is 0 Å². The molecule has 0 unspecified atom stereocenters. The van der Waals surface area contributed by atoms with E-state index in [-0.39, 0.29) is 0 Å². The zero-order valence-electron chi connectivity index (χ0n) is 17.3. The first-order chi connectivity index (χ1) is 13.7. The number of benzene rings is 1. The van der Waals surface area contributed by atoms with Gasteiger partial charge in [-0.25, -0.2) is 4.99 Å². The van der Waals surface area contributed by atoms with Crippen molar-refractivity contribution in [1.29, 1.82) is 0 Å². The SMILES string of the molecule is CCNC(=NCc1ccc(C)cc1OC)NCCc1nnc2n1CCCCC2. The number of guanidine groups is 1. The molecule has 0 atom stereocenters. The number of methoxy groups -OCH3 is 1. The lowest BCUT2D eigenvalue weighted by atomic mass is 10.1. The molecule has 1 aliphatic rings. The summed E-state index contributed by atoms with van der Waals surface area (Å²) in [5.41, 5.74) is 2.26. The van der Waals surface area contributed by atoms with Gasteiger partial charge in [0.05, 0.1) is 13.7 Å². The second-order valence-corrected chi connectivity index (χ2v) is 7.18. The number of aryl methyl sites for hydroxylation is 2. The third-order valence-electron chi connectivity index (χ3n) is 5.02. The predicted octanol–water partition coefficient (Wildman–Crippen LogP) is 2.62. The molecule has 2 N–H and O–H groups in total. The standard InChI is InChI=1S/C21H32N6O/c1-4-22-21(24-15-17-10-9-16(2)14-18(17)28-3)23-12-11-20-26-25-19-8-6-5-7-13-27(19)20/h9-10,14H,4-8,11-13,15H2,1-3H3,(H2,22,23,24). The molecular weight excluding hydrogens is 352 g/mol. The molecule has 0 saturated carbocycles. The van der Waals surface area contributed by atoms with Crippen LogP contribution in [0.3, 0.4) is 0 Å². The highest BCUT2D eigenvalue weighted by atomic mass is 16.5. The topological polar surface area (TPSA) is 76.4 Å². The Hall–Kier alpha value is -2.57. The van der Waals surface area contributed by atoms with Gasteiger partial charge in [0.15, 0.2) is 5.96 Å². The number of hydrogen-bond acceptors (Lipinski definition) is 4. The quantitative estimate of drug-likeness (QED) is 0.567. The van der Waals surface area contributed by atoms with Gasteiger partial charge in [-0.1, -0.05) is 18.6 Å². The first-order valence-corrected chi connectivity index (χ1v) is 10.3. The van der Waals surface area contributed by atoms with Gasteiger partial charge in [-0.05, 0) is 38.3 Å². The third-order valence-corrected chi connectivity index (χ3v) is 5.02. The molecule has 152 valence electrons. The van der Waals surface area contributed by atoms with Crippen LogP contribution in [-0.2, 0) is 25.9 Å². The lowest BCUT2D eigenvalue weighted by Gasteiger charge is -2.13. The maximum absolute atomic E-state index is 5.48. The smallest absolute Gasteiger partial charge is 0.191 e. The number of rotatable bonds is 7. The number of fused-ring (bicyclic) bond motifs is 1. The van der Waals surface area contributed by atoms with E-state index in [1.54, 1.807) is 7.11 Å². The molecule has 1 aromatic heterocycles. The first-order valence-electron chi connectivity index (χ1n) is 10.3. The Kier molecular flexibility index (Phi) is 7.28. The van der Waals surface area contributed by atoms with Crippen molar-refractivity contribution in [2.75, 3.05) is 20.2 Å². The molecule has 2 heterocycles. The Labute approximate surface area is 167 Å². The average molecular weight is 385 g/mol. The number of aromatic nitrogens is 3. The Morgan fingerprint density at radius 1 is 1.21 bits per heavy atom. The van der Waals surface area contributed by atoms with Crippen molar-refractivity contribution in [3.8, 4) is 5.75 Å². The van der Waals surface area contributed by atoms with Crippen molar-refractivity contribution in [3.05, 3.63) is 41.0 Å². The van der Waals surface area contributed by atoms with E-state index in [2.05, 4.69) is 51.4 Å². The largest absolute Gasteiger partial charge is 0.496 e. The van der Waals surface area contributed by atoms with E-state index >= 15 is 0 Å². The molecule has 3 rings (SSSR count). The maximum atomic E-state index is 5.48. The van der Waals surface area contributed by atoms with Gasteiger partial charge in [0.2, 0.25) is 0 Å². The van der Waals surface area contributed by atoms with Crippen molar-refractivity contribution in [2.45, 2.75) is 59.0 Å². The minimum absolute atomic E-state index is 0.569. The van der Waals surface area contributed by atoms with Gasteiger partial charge in [-0.3, -0.25) is 0 Å². The van der Waals surface area contributed by atoms with Gasteiger partial charge in [0.1, 0.15) is 17.4 Å². The van der Waals surface area contributed by atoms with E-state index in [1.165, 1.54) is 24.8 Å². The number of nitrogens with zero attached hydrogens (tertiary/aromatic N) is 4.